The minimum atomic E-state index is -0.782. The van der Waals surface area contributed by atoms with Crippen LogP contribution in [0.5, 0.6) is 0 Å². The molecule has 2 aromatic rings. The molecule has 0 fully saturated rings. The Morgan fingerprint density at radius 3 is 2.64 bits per heavy atom. The lowest BCUT2D eigenvalue weighted by Gasteiger charge is -2.15. The molecule has 2 unspecified atom stereocenters. The fourth-order valence-corrected chi connectivity index (χ4v) is 3.58. The van der Waals surface area contributed by atoms with Crippen molar-refractivity contribution < 1.29 is 18.7 Å². The quantitative estimate of drug-likeness (QED) is 0.585. The largest absolute Gasteiger partial charge is 0.467 e. The molecule has 1 aromatic carbocycles. The maximum atomic E-state index is 12.5. The number of rotatable bonds is 10. The highest BCUT2D eigenvalue weighted by molar-refractivity contribution is 7.98. The van der Waals surface area contributed by atoms with Gasteiger partial charge in [0.2, 0.25) is 5.89 Å². The minimum absolute atomic E-state index is 0.0937. The van der Waals surface area contributed by atoms with Gasteiger partial charge in [0.15, 0.2) is 5.69 Å². The van der Waals surface area contributed by atoms with Gasteiger partial charge in [0.05, 0.1) is 13.2 Å². The van der Waals surface area contributed by atoms with Crippen molar-refractivity contribution in [1.82, 2.24) is 10.3 Å². The van der Waals surface area contributed by atoms with E-state index in [1.165, 1.54) is 25.1 Å². The van der Waals surface area contributed by atoms with Crippen molar-refractivity contribution in [3.63, 3.8) is 0 Å². The van der Waals surface area contributed by atoms with E-state index < -0.39 is 17.9 Å². The van der Waals surface area contributed by atoms with Crippen LogP contribution in [0.25, 0.3) is 0 Å². The molecule has 3 N–H and O–H groups in total. The zero-order valence-corrected chi connectivity index (χ0v) is 17.2. The second-order valence-corrected chi connectivity index (χ2v) is 7.89. The topological polar surface area (TPSA) is 107 Å². The van der Waals surface area contributed by atoms with E-state index in [1.54, 1.807) is 0 Å². The summed E-state index contributed by atoms with van der Waals surface area (Å²) in [7, 11) is 1.29. The van der Waals surface area contributed by atoms with Crippen molar-refractivity contribution in [2.45, 2.75) is 38.1 Å². The van der Waals surface area contributed by atoms with Gasteiger partial charge in [0.25, 0.3) is 5.91 Å². The van der Waals surface area contributed by atoms with E-state index in [4.69, 9.17) is 14.9 Å². The first-order valence-electron chi connectivity index (χ1n) is 9.12. The number of nitrogens with zero attached hydrogens (tertiary/aromatic N) is 1. The molecular weight excluding hydrogens is 378 g/mol. The SMILES string of the molecule is COC(=O)C(CSCc1ccccc1)NC(=O)c1coc(C(N)CC(C)C)n1. The van der Waals surface area contributed by atoms with Gasteiger partial charge in [-0.15, -0.1) is 0 Å². The van der Waals surface area contributed by atoms with Crippen LogP contribution in [-0.4, -0.2) is 35.8 Å². The molecule has 0 aliphatic carbocycles. The number of ether oxygens (including phenoxy) is 1. The number of nitrogens with one attached hydrogen (secondary N) is 1. The molecule has 28 heavy (non-hydrogen) atoms. The summed E-state index contributed by atoms with van der Waals surface area (Å²) in [6.45, 7) is 4.09. The molecule has 8 heteroatoms. The highest BCUT2D eigenvalue weighted by Crippen LogP contribution is 2.18. The van der Waals surface area contributed by atoms with Crippen LogP contribution in [0.2, 0.25) is 0 Å². The summed E-state index contributed by atoms with van der Waals surface area (Å²) in [6.07, 6.45) is 1.96. The van der Waals surface area contributed by atoms with E-state index in [9.17, 15) is 9.59 Å². The van der Waals surface area contributed by atoms with Crippen LogP contribution in [0, 0.1) is 5.92 Å². The number of benzene rings is 1. The number of amides is 1. The van der Waals surface area contributed by atoms with Crippen LogP contribution in [0.1, 0.15) is 48.3 Å². The number of nitrogens with two attached hydrogens (primary N) is 1. The summed E-state index contributed by atoms with van der Waals surface area (Å²) in [5.41, 5.74) is 7.27. The molecule has 0 aliphatic heterocycles. The van der Waals surface area contributed by atoms with Gasteiger partial charge in [-0.25, -0.2) is 9.78 Å². The van der Waals surface area contributed by atoms with Crippen LogP contribution >= 0.6 is 11.8 Å². The maximum Gasteiger partial charge on any atom is 0.329 e. The third-order valence-electron chi connectivity index (χ3n) is 3.98. The Hall–Kier alpha value is -2.32. The van der Waals surface area contributed by atoms with E-state index >= 15 is 0 Å². The molecule has 0 spiro atoms. The molecular formula is C20H27N3O4S. The fourth-order valence-electron chi connectivity index (χ4n) is 2.58. The van der Waals surface area contributed by atoms with Crippen molar-refractivity contribution in [1.29, 1.82) is 0 Å². The van der Waals surface area contributed by atoms with E-state index in [0.29, 0.717) is 24.0 Å². The van der Waals surface area contributed by atoms with Gasteiger partial charge in [-0.1, -0.05) is 44.2 Å². The number of carbonyl (C=O) groups is 2. The van der Waals surface area contributed by atoms with Gasteiger partial charge in [-0.2, -0.15) is 11.8 Å². The molecule has 2 atom stereocenters. The molecule has 2 rings (SSSR count). The van der Waals surface area contributed by atoms with Crippen LogP contribution in [0.15, 0.2) is 41.0 Å². The van der Waals surface area contributed by atoms with Crippen LogP contribution in [0.3, 0.4) is 0 Å². The first kappa shape index (κ1) is 22.0. The summed E-state index contributed by atoms with van der Waals surface area (Å²) in [4.78, 5) is 28.7. The first-order chi connectivity index (χ1) is 13.4. The van der Waals surface area contributed by atoms with Gasteiger partial charge >= 0.3 is 5.97 Å². The van der Waals surface area contributed by atoms with Gasteiger partial charge in [0, 0.05) is 11.5 Å². The number of aromatic nitrogens is 1. The average Bonchev–Trinajstić information content (AvgIpc) is 3.17. The molecule has 0 bridgehead atoms. The maximum absolute atomic E-state index is 12.5. The number of thioether (sulfide) groups is 1. The van der Waals surface area contributed by atoms with Gasteiger partial charge in [0.1, 0.15) is 12.3 Å². The molecule has 0 aliphatic rings. The third-order valence-corrected chi connectivity index (χ3v) is 5.09. The number of methoxy groups -OCH3 is 1. The van der Waals surface area contributed by atoms with E-state index in [-0.39, 0.29) is 11.7 Å². The number of hydrogen-bond donors (Lipinski definition) is 2. The summed E-state index contributed by atoms with van der Waals surface area (Å²) < 4.78 is 10.1. The average molecular weight is 406 g/mol. The van der Waals surface area contributed by atoms with Crippen LogP contribution in [0.4, 0.5) is 0 Å². The predicted molar refractivity (Wildman–Crippen MR) is 109 cm³/mol. The van der Waals surface area contributed by atoms with Crippen LogP contribution in [-0.2, 0) is 15.3 Å². The first-order valence-corrected chi connectivity index (χ1v) is 10.3. The van der Waals surface area contributed by atoms with Gasteiger partial charge in [-0.05, 0) is 17.9 Å². The number of hydrogen-bond acceptors (Lipinski definition) is 7. The zero-order valence-electron chi connectivity index (χ0n) is 16.4. The van der Waals surface area contributed by atoms with Crippen molar-refractivity contribution in [3.8, 4) is 0 Å². The highest BCUT2D eigenvalue weighted by Gasteiger charge is 2.24. The zero-order chi connectivity index (χ0) is 20.5. The fraction of sp³-hybridized carbons (Fsp3) is 0.450. The van der Waals surface area contributed by atoms with Crippen molar-refractivity contribution in [2.24, 2.45) is 11.7 Å². The smallest absolute Gasteiger partial charge is 0.329 e. The Morgan fingerprint density at radius 2 is 2.00 bits per heavy atom. The van der Waals surface area contributed by atoms with Gasteiger partial charge in [-0.3, -0.25) is 4.79 Å². The third kappa shape index (κ3) is 6.69. The summed E-state index contributed by atoms with van der Waals surface area (Å²) >= 11 is 1.53. The van der Waals surface area contributed by atoms with E-state index in [0.717, 1.165) is 11.3 Å². The molecule has 1 amide bonds. The minimum Gasteiger partial charge on any atom is -0.467 e. The summed E-state index contributed by atoms with van der Waals surface area (Å²) in [6, 6.07) is 8.73. The normalized spacial score (nSPS) is 13.2. The number of esters is 1. The Kier molecular flexibility index (Phi) is 8.53. The van der Waals surface area contributed by atoms with Crippen molar-refractivity contribution in [2.75, 3.05) is 12.9 Å². The summed E-state index contributed by atoms with van der Waals surface area (Å²) in [5, 5.41) is 2.67. The molecule has 152 valence electrons. The number of oxazole rings is 1. The highest BCUT2D eigenvalue weighted by atomic mass is 32.2. The molecule has 7 nitrogen and oxygen atoms in total. The standard InChI is InChI=1S/C20H27N3O4S/c1-13(2)9-15(21)19-23-16(10-27-19)18(24)22-17(20(25)26-3)12-28-11-14-7-5-4-6-8-14/h4-8,10,13,15,17H,9,11-12,21H2,1-3H3,(H,22,24). The predicted octanol–water partition coefficient (Wildman–Crippen LogP) is 2.93. The Labute approximate surface area is 169 Å². The Morgan fingerprint density at radius 1 is 1.29 bits per heavy atom. The molecule has 1 aromatic heterocycles. The molecule has 0 radical (unpaired) electrons. The second kappa shape index (κ2) is 10.9. The van der Waals surface area contributed by atoms with Crippen molar-refractivity contribution in [3.05, 3.63) is 53.7 Å². The van der Waals surface area contributed by atoms with Gasteiger partial charge < -0.3 is 20.2 Å². The monoisotopic (exact) mass is 405 g/mol. The Balaban J connectivity index is 1.95. The summed E-state index contributed by atoms with van der Waals surface area (Å²) in [5.74, 6) is 0.792. The lowest BCUT2D eigenvalue weighted by Crippen LogP contribution is -2.43. The molecule has 0 saturated carbocycles. The van der Waals surface area contributed by atoms with Crippen LogP contribution < -0.4 is 11.1 Å². The number of carbonyl (C=O) groups excluding carboxylic acids is 2. The Bertz CT molecular complexity index is 764. The van der Waals surface area contributed by atoms with E-state index in [2.05, 4.69) is 10.3 Å². The second-order valence-electron chi connectivity index (χ2n) is 6.86. The van der Waals surface area contributed by atoms with E-state index in [1.807, 2.05) is 44.2 Å². The van der Waals surface area contributed by atoms with Crippen molar-refractivity contribution >= 4 is 23.6 Å². The molecule has 1 heterocycles. The lowest BCUT2D eigenvalue weighted by atomic mass is 10.0. The lowest BCUT2D eigenvalue weighted by molar-refractivity contribution is -0.142. The molecule has 0 saturated heterocycles.